The van der Waals surface area contributed by atoms with Crippen LogP contribution >= 0.6 is 0 Å². The molecule has 0 bridgehead atoms. The zero-order chi connectivity index (χ0) is 14.4. The van der Waals surface area contributed by atoms with Gasteiger partial charge in [-0.15, -0.1) is 0 Å². The Morgan fingerprint density at radius 1 is 1.35 bits per heavy atom. The fourth-order valence-corrected chi connectivity index (χ4v) is 2.12. The van der Waals surface area contributed by atoms with E-state index >= 15 is 0 Å². The van der Waals surface area contributed by atoms with E-state index in [0.717, 1.165) is 12.0 Å². The second-order valence-electron chi connectivity index (χ2n) is 4.70. The summed E-state index contributed by atoms with van der Waals surface area (Å²) in [7, 11) is 3.61. The Kier molecular flexibility index (Phi) is 4.90. The number of benzene rings is 1. The van der Waals surface area contributed by atoms with Crippen LogP contribution in [0.25, 0.3) is 0 Å². The molecule has 0 saturated carbocycles. The maximum absolute atomic E-state index is 12.2. The monoisotopic (exact) mass is 272 g/mol. The summed E-state index contributed by atoms with van der Waals surface area (Å²) in [5.74, 6) is -0.0311. The predicted octanol–water partition coefficient (Wildman–Crippen LogP) is 1.04. The number of nitrogens with one attached hydrogen (secondary N) is 2. The van der Waals surface area contributed by atoms with Gasteiger partial charge in [-0.2, -0.15) is 5.10 Å². The summed E-state index contributed by atoms with van der Waals surface area (Å²) in [6, 6.07) is 9.75. The third kappa shape index (κ3) is 3.68. The molecular formula is C15H20N4O. The van der Waals surface area contributed by atoms with Gasteiger partial charge in [0.05, 0.1) is 6.20 Å². The third-order valence-electron chi connectivity index (χ3n) is 3.16. The third-order valence-corrected chi connectivity index (χ3v) is 3.16. The van der Waals surface area contributed by atoms with Crippen LogP contribution in [0.3, 0.4) is 0 Å². The number of carbonyl (C=O) groups is 1. The molecule has 5 nitrogen and oxygen atoms in total. The summed E-state index contributed by atoms with van der Waals surface area (Å²) in [5.41, 5.74) is 2.09. The molecule has 106 valence electrons. The van der Waals surface area contributed by atoms with Crippen LogP contribution in [0.15, 0.2) is 42.7 Å². The number of carbonyl (C=O) groups excluding carboxylic acids is 1. The maximum Gasteiger partial charge on any atom is 0.241 e. The molecule has 2 rings (SSSR count). The van der Waals surface area contributed by atoms with Crippen LogP contribution in [0, 0.1) is 0 Å². The van der Waals surface area contributed by atoms with Crippen LogP contribution in [0.1, 0.15) is 17.2 Å². The molecule has 0 fully saturated rings. The fourth-order valence-electron chi connectivity index (χ4n) is 2.12. The summed E-state index contributed by atoms with van der Waals surface area (Å²) in [4.78, 5) is 12.2. The minimum absolute atomic E-state index is 0.0311. The van der Waals surface area contributed by atoms with Crippen LogP contribution in [-0.4, -0.2) is 29.3 Å². The van der Waals surface area contributed by atoms with Crippen LogP contribution in [0.4, 0.5) is 0 Å². The van der Waals surface area contributed by atoms with E-state index in [1.165, 1.54) is 5.56 Å². The van der Waals surface area contributed by atoms with E-state index in [1.807, 2.05) is 31.4 Å². The summed E-state index contributed by atoms with van der Waals surface area (Å²) in [6.07, 6.45) is 4.38. The number of aryl methyl sites for hydroxylation is 1. The lowest BCUT2D eigenvalue weighted by molar-refractivity contribution is -0.123. The largest absolute Gasteiger partial charge is 0.354 e. The Labute approximate surface area is 119 Å². The van der Waals surface area contributed by atoms with Crippen molar-refractivity contribution in [1.82, 2.24) is 20.4 Å². The lowest BCUT2D eigenvalue weighted by Gasteiger charge is -2.14. The number of amides is 1. The highest BCUT2D eigenvalue weighted by molar-refractivity contribution is 5.83. The van der Waals surface area contributed by atoms with Crippen molar-refractivity contribution in [2.75, 3.05) is 13.6 Å². The number of rotatable bonds is 6. The first kappa shape index (κ1) is 14.3. The molecule has 20 heavy (non-hydrogen) atoms. The van der Waals surface area contributed by atoms with Crippen molar-refractivity contribution in [1.29, 1.82) is 0 Å². The average molecular weight is 272 g/mol. The summed E-state index contributed by atoms with van der Waals surface area (Å²) in [6.45, 7) is 0.626. The Hall–Kier alpha value is -2.14. The number of hydrogen-bond acceptors (Lipinski definition) is 3. The van der Waals surface area contributed by atoms with E-state index in [1.54, 1.807) is 17.9 Å². The van der Waals surface area contributed by atoms with E-state index < -0.39 is 0 Å². The number of nitrogens with zero attached hydrogens (tertiary/aromatic N) is 2. The van der Waals surface area contributed by atoms with Gasteiger partial charge in [0, 0.05) is 25.4 Å². The second-order valence-corrected chi connectivity index (χ2v) is 4.70. The van der Waals surface area contributed by atoms with Gasteiger partial charge >= 0.3 is 0 Å². The van der Waals surface area contributed by atoms with Crippen LogP contribution in [0.5, 0.6) is 0 Å². The van der Waals surface area contributed by atoms with Crippen LogP contribution in [-0.2, 0) is 18.3 Å². The quantitative estimate of drug-likeness (QED) is 0.826. The highest BCUT2D eigenvalue weighted by Crippen LogP contribution is 2.11. The maximum atomic E-state index is 12.2. The minimum atomic E-state index is -0.362. The molecule has 1 amide bonds. The number of likely N-dealkylation sites (N-methyl/N-ethyl adjacent to an activating group) is 1. The molecule has 1 atom stereocenters. The fraction of sp³-hybridized carbons (Fsp3) is 0.333. The standard InChI is InChI=1S/C15H20N4O/c1-16-14(13-10-18-19(2)11-13)15(20)17-9-8-12-6-4-3-5-7-12/h3-7,10-11,14,16H,8-9H2,1-2H3,(H,17,20). The van der Waals surface area contributed by atoms with Gasteiger partial charge in [-0.25, -0.2) is 0 Å². The Morgan fingerprint density at radius 2 is 2.10 bits per heavy atom. The van der Waals surface area contributed by atoms with Gasteiger partial charge in [0.25, 0.3) is 0 Å². The van der Waals surface area contributed by atoms with E-state index in [9.17, 15) is 4.79 Å². The Balaban J connectivity index is 1.87. The number of aromatic nitrogens is 2. The van der Waals surface area contributed by atoms with Crippen molar-refractivity contribution in [3.05, 3.63) is 53.9 Å². The summed E-state index contributed by atoms with van der Waals surface area (Å²) >= 11 is 0. The van der Waals surface area contributed by atoms with Crippen molar-refractivity contribution in [3.8, 4) is 0 Å². The van der Waals surface area contributed by atoms with E-state index in [4.69, 9.17) is 0 Å². The van der Waals surface area contributed by atoms with Gasteiger partial charge in [0.2, 0.25) is 5.91 Å². The number of hydrogen-bond donors (Lipinski definition) is 2. The first-order chi connectivity index (χ1) is 9.70. The lowest BCUT2D eigenvalue weighted by Crippen LogP contribution is -2.36. The SMILES string of the molecule is CNC(C(=O)NCCc1ccccc1)c1cnn(C)c1. The molecule has 0 saturated heterocycles. The van der Waals surface area contributed by atoms with Gasteiger partial charge in [-0.3, -0.25) is 9.48 Å². The van der Waals surface area contributed by atoms with Gasteiger partial charge in [-0.1, -0.05) is 30.3 Å². The highest BCUT2D eigenvalue weighted by atomic mass is 16.2. The van der Waals surface area contributed by atoms with Crippen molar-refractivity contribution >= 4 is 5.91 Å². The molecule has 0 aliphatic heterocycles. The van der Waals surface area contributed by atoms with Gasteiger partial charge in [0.1, 0.15) is 6.04 Å². The molecule has 0 radical (unpaired) electrons. The summed E-state index contributed by atoms with van der Waals surface area (Å²) < 4.78 is 1.69. The smallest absolute Gasteiger partial charge is 0.241 e. The van der Waals surface area contributed by atoms with Crippen molar-refractivity contribution in [2.24, 2.45) is 7.05 Å². The molecule has 2 aromatic rings. The van der Waals surface area contributed by atoms with Gasteiger partial charge < -0.3 is 10.6 Å². The van der Waals surface area contributed by atoms with Crippen LogP contribution in [0.2, 0.25) is 0 Å². The molecule has 1 aromatic heterocycles. The topological polar surface area (TPSA) is 59.0 Å². The zero-order valence-corrected chi connectivity index (χ0v) is 11.8. The lowest BCUT2D eigenvalue weighted by atomic mass is 10.1. The summed E-state index contributed by atoms with van der Waals surface area (Å²) in [5, 5.41) is 10.1. The van der Waals surface area contributed by atoms with Crippen LogP contribution < -0.4 is 10.6 Å². The van der Waals surface area contributed by atoms with E-state index in [0.29, 0.717) is 6.54 Å². The first-order valence-electron chi connectivity index (χ1n) is 6.68. The molecular weight excluding hydrogens is 252 g/mol. The Morgan fingerprint density at radius 3 is 2.70 bits per heavy atom. The van der Waals surface area contributed by atoms with Crippen molar-refractivity contribution in [3.63, 3.8) is 0 Å². The molecule has 1 heterocycles. The minimum Gasteiger partial charge on any atom is -0.354 e. The van der Waals surface area contributed by atoms with Crippen molar-refractivity contribution in [2.45, 2.75) is 12.5 Å². The second kappa shape index (κ2) is 6.86. The molecule has 1 aromatic carbocycles. The molecule has 0 aliphatic rings. The Bertz CT molecular complexity index is 550. The predicted molar refractivity (Wildman–Crippen MR) is 78.2 cm³/mol. The molecule has 1 unspecified atom stereocenters. The van der Waals surface area contributed by atoms with E-state index in [2.05, 4.69) is 27.9 Å². The highest BCUT2D eigenvalue weighted by Gasteiger charge is 2.19. The van der Waals surface area contributed by atoms with Gasteiger partial charge in [0.15, 0.2) is 0 Å². The van der Waals surface area contributed by atoms with Gasteiger partial charge in [-0.05, 0) is 19.0 Å². The first-order valence-corrected chi connectivity index (χ1v) is 6.68. The normalized spacial score (nSPS) is 12.1. The zero-order valence-electron chi connectivity index (χ0n) is 11.8. The average Bonchev–Trinajstić information content (AvgIpc) is 2.87. The molecule has 2 N–H and O–H groups in total. The van der Waals surface area contributed by atoms with Crippen molar-refractivity contribution < 1.29 is 4.79 Å². The van der Waals surface area contributed by atoms with E-state index in [-0.39, 0.29) is 11.9 Å². The molecule has 0 spiro atoms. The molecule has 5 heteroatoms. The molecule has 0 aliphatic carbocycles.